The number of sulfone groups is 1. The number of nitrogens with zero attached hydrogens (tertiary/aromatic N) is 1. The van der Waals surface area contributed by atoms with Gasteiger partial charge in [-0.05, 0) is 39.7 Å². The van der Waals surface area contributed by atoms with E-state index in [1.165, 1.54) is 0 Å². The van der Waals surface area contributed by atoms with Crippen LogP contribution in [-0.2, 0) is 9.84 Å². The second-order valence-electron chi connectivity index (χ2n) is 4.02. The van der Waals surface area contributed by atoms with Gasteiger partial charge in [0.1, 0.15) is 5.82 Å². The average molecular weight is 341 g/mol. The molecule has 0 radical (unpaired) electrons. The third-order valence-electron chi connectivity index (χ3n) is 2.80. The maximum atomic E-state index is 11.7. The molecular formula is C13H13BrN2O2S. The maximum absolute atomic E-state index is 11.7. The Morgan fingerprint density at radius 2 is 1.84 bits per heavy atom. The molecule has 19 heavy (non-hydrogen) atoms. The van der Waals surface area contributed by atoms with Gasteiger partial charge in [-0.25, -0.2) is 13.4 Å². The number of hydrogen-bond donors (Lipinski definition) is 1. The molecule has 0 aliphatic heterocycles. The molecule has 0 aliphatic carbocycles. The molecule has 0 bridgehead atoms. The van der Waals surface area contributed by atoms with Crippen molar-refractivity contribution in [2.24, 2.45) is 0 Å². The number of benzene rings is 1. The van der Waals surface area contributed by atoms with Crippen LogP contribution in [0, 0.1) is 0 Å². The van der Waals surface area contributed by atoms with Crippen molar-refractivity contribution in [1.82, 2.24) is 4.98 Å². The number of nitrogen functional groups attached to an aromatic ring is 1. The van der Waals surface area contributed by atoms with Crippen molar-refractivity contribution in [2.45, 2.75) is 11.8 Å². The van der Waals surface area contributed by atoms with Gasteiger partial charge in [-0.2, -0.15) is 0 Å². The van der Waals surface area contributed by atoms with Gasteiger partial charge >= 0.3 is 0 Å². The first-order valence-electron chi connectivity index (χ1n) is 5.68. The molecule has 100 valence electrons. The second-order valence-corrected chi connectivity index (χ2v) is 7.15. The van der Waals surface area contributed by atoms with Crippen LogP contribution in [0.3, 0.4) is 0 Å². The average Bonchev–Trinajstić information content (AvgIpc) is 2.42. The van der Waals surface area contributed by atoms with Crippen molar-refractivity contribution in [1.29, 1.82) is 0 Å². The summed E-state index contributed by atoms with van der Waals surface area (Å²) in [5.74, 6) is 0.523. The number of pyridine rings is 1. The van der Waals surface area contributed by atoms with Crippen LogP contribution in [0.1, 0.15) is 6.92 Å². The zero-order valence-electron chi connectivity index (χ0n) is 10.3. The Balaban J connectivity index is 2.40. The fourth-order valence-corrected chi connectivity index (χ4v) is 2.86. The topological polar surface area (TPSA) is 73.0 Å². The molecule has 6 heteroatoms. The summed E-state index contributed by atoms with van der Waals surface area (Å²) >= 11 is 3.32. The fraction of sp³-hybridized carbons (Fsp3) is 0.154. The Hall–Kier alpha value is -1.40. The maximum Gasteiger partial charge on any atom is 0.178 e. The number of rotatable bonds is 3. The monoisotopic (exact) mass is 340 g/mol. The van der Waals surface area contributed by atoms with E-state index < -0.39 is 9.84 Å². The third-order valence-corrected chi connectivity index (χ3v) is 5.18. The first-order valence-corrected chi connectivity index (χ1v) is 8.13. The Bertz CT molecular complexity index is 697. The molecule has 0 fully saturated rings. The molecule has 1 heterocycles. The molecule has 1 aromatic carbocycles. The Morgan fingerprint density at radius 1 is 1.21 bits per heavy atom. The van der Waals surface area contributed by atoms with Crippen LogP contribution < -0.4 is 5.73 Å². The van der Waals surface area contributed by atoms with Gasteiger partial charge < -0.3 is 5.73 Å². The molecule has 0 amide bonds. The predicted octanol–water partition coefficient (Wildman–Crippen LogP) is 2.89. The highest BCUT2D eigenvalue weighted by molar-refractivity contribution is 9.10. The highest BCUT2D eigenvalue weighted by Crippen LogP contribution is 2.26. The minimum absolute atomic E-state index is 0.0985. The van der Waals surface area contributed by atoms with Gasteiger partial charge in [0.05, 0.1) is 15.1 Å². The van der Waals surface area contributed by atoms with Crippen molar-refractivity contribution in [3.63, 3.8) is 0 Å². The van der Waals surface area contributed by atoms with E-state index in [2.05, 4.69) is 20.9 Å². The van der Waals surface area contributed by atoms with Crippen LogP contribution in [0.2, 0.25) is 0 Å². The van der Waals surface area contributed by atoms with Gasteiger partial charge in [0.2, 0.25) is 0 Å². The van der Waals surface area contributed by atoms with Crippen molar-refractivity contribution in [2.75, 3.05) is 11.5 Å². The third kappa shape index (κ3) is 2.96. The Labute approximate surface area is 120 Å². The van der Waals surface area contributed by atoms with E-state index in [1.807, 2.05) is 6.07 Å². The Morgan fingerprint density at radius 3 is 2.37 bits per heavy atom. The molecule has 0 unspecified atom stereocenters. The highest BCUT2D eigenvalue weighted by atomic mass is 79.9. The van der Waals surface area contributed by atoms with Crippen molar-refractivity contribution >= 4 is 31.6 Å². The van der Waals surface area contributed by atoms with Crippen molar-refractivity contribution in [3.05, 3.63) is 41.0 Å². The van der Waals surface area contributed by atoms with E-state index in [0.717, 1.165) is 15.6 Å². The summed E-state index contributed by atoms with van der Waals surface area (Å²) in [6, 6.07) is 8.60. The van der Waals surface area contributed by atoms with E-state index in [4.69, 9.17) is 5.73 Å². The standard InChI is InChI=1S/C13H13BrN2O2S/c1-2-19(17,18)11-5-3-9(4-6-11)10-7-12(14)13(15)16-8-10/h3-8H,2H2,1H3,(H2,15,16). The lowest BCUT2D eigenvalue weighted by Crippen LogP contribution is -2.03. The summed E-state index contributed by atoms with van der Waals surface area (Å²) in [5, 5.41) is 0. The zero-order valence-corrected chi connectivity index (χ0v) is 12.7. The summed E-state index contributed by atoms with van der Waals surface area (Å²) in [6.45, 7) is 1.63. The minimum atomic E-state index is -3.16. The summed E-state index contributed by atoms with van der Waals surface area (Å²) in [6.07, 6.45) is 1.66. The zero-order chi connectivity index (χ0) is 14.0. The first kappa shape index (κ1) is 14.0. The van der Waals surface area contributed by atoms with E-state index in [1.54, 1.807) is 37.4 Å². The second kappa shape index (κ2) is 5.30. The summed E-state index contributed by atoms with van der Waals surface area (Å²) in [7, 11) is -3.16. The van der Waals surface area contributed by atoms with Gasteiger partial charge in [-0.3, -0.25) is 0 Å². The van der Waals surface area contributed by atoms with Gasteiger partial charge in [0.15, 0.2) is 9.84 Å². The number of aromatic nitrogens is 1. The number of halogens is 1. The first-order chi connectivity index (χ1) is 8.94. The van der Waals surface area contributed by atoms with E-state index >= 15 is 0 Å². The van der Waals surface area contributed by atoms with Crippen molar-refractivity contribution in [3.8, 4) is 11.1 Å². The van der Waals surface area contributed by atoms with Gasteiger partial charge in [-0.15, -0.1) is 0 Å². The normalized spacial score (nSPS) is 11.5. The molecule has 0 saturated heterocycles. The highest BCUT2D eigenvalue weighted by Gasteiger charge is 2.11. The molecule has 2 aromatic rings. The van der Waals surface area contributed by atoms with E-state index in [9.17, 15) is 8.42 Å². The molecule has 0 saturated carbocycles. The lowest BCUT2D eigenvalue weighted by molar-refractivity contribution is 0.597. The van der Waals surface area contributed by atoms with Crippen LogP contribution >= 0.6 is 15.9 Å². The SMILES string of the molecule is CCS(=O)(=O)c1ccc(-c2cnc(N)c(Br)c2)cc1. The quantitative estimate of drug-likeness (QED) is 0.932. The lowest BCUT2D eigenvalue weighted by Gasteiger charge is -2.05. The van der Waals surface area contributed by atoms with Crippen molar-refractivity contribution < 1.29 is 8.42 Å². The molecule has 1 aromatic heterocycles. The molecule has 2 rings (SSSR count). The Kier molecular flexibility index (Phi) is 3.91. The van der Waals surface area contributed by atoms with Crippen LogP contribution in [0.15, 0.2) is 45.9 Å². The molecule has 0 atom stereocenters. The van der Waals surface area contributed by atoms with Crippen LogP contribution in [0.4, 0.5) is 5.82 Å². The predicted molar refractivity (Wildman–Crippen MR) is 79.5 cm³/mol. The molecular weight excluding hydrogens is 328 g/mol. The van der Waals surface area contributed by atoms with Crippen LogP contribution in [-0.4, -0.2) is 19.2 Å². The van der Waals surface area contributed by atoms with E-state index in [-0.39, 0.29) is 5.75 Å². The molecule has 0 spiro atoms. The number of nitrogens with two attached hydrogens (primary N) is 1. The smallest absolute Gasteiger partial charge is 0.178 e. The van der Waals surface area contributed by atoms with E-state index in [0.29, 0.717) is 10.7 Å². The van der Waals surface area contributed by atoms with Gasteiger partial charge in [0, 0.05) is 11.8 Å². The van der Waals surface area contributed by atoms with Crippen LogP contribution in [0.25, 0.3) is 11.1 Å². The minimum Gasteiger partial charge on any atom is -0.383 e. The van der Waals surface area contributed by atoms with Gasteiger partial charge in [0.25, 0.3) is 0 Å². The summed E-state index contributed by atoms with van der Waals surface area (Å²) in [5.41, 5.74) is 7.40. The largest absolute Gasteiger partial charge is 0.383 e. The molecule has 2 N–H and O–H groups in total. The fourth-order valence-electron chi connectivity index (χ4n) is 1.63. The molecule has 4 nitrogen and oxygen atoms in total. The molecule has 0 aliphatic rings. The lowest BCUT2D eigenvalue weighted by atomic mass is 10.1. The van der Waals surface area contributed by atoms with Gasteiger partial charge in [-0.1, -0.05) is 19.1 Å². The number of anilines is 1. The summed E-state index contributed by atoms with van der Waals surface area (Å²) < 4.78 is 24.1. The van der Waals surface area contributed by atoms with Crippen LogP contribution in [0.5, 0.6) is 0 Å². The summed E-state index contributed by atoms with van der Waals surface area (Å²) in [4.78, 5) is 4.39. The number of hydrogen-bond acceptors (Lipinski definition) is 4.